The number of hydrogen-bond donors (Lipinski definition) is 3. The number of hydrazine groups is 1. The van der Waals surface area contributed by atoms with Crippen molar-refractivity contribution in [2.45, 2.75) is 31.3 Å². The van der Waals surface area contributed by atoms with E-state index >= 15 is 0 Å². The maximum absolute atomic E-state index is 12.8. The average Bonchev–Trinajstić information content (AvgIpc) is 3.40. The summed E-state index contributed by atoms with van der Waals surface area (Å²) >= 11 is 0. The topological polar surface area (TPSA) is 86.6 Å². The van der Waals surface area contributed by atoms with Crippen molar-refractivity contribution in [3.63, 3.8) is 0 Å². The van der Waals surface area contributed by atoms with E-state index in [-0.39, 0.29) is 29.8 Å². The van der Waals surface area contributed by atoms with Gasteiger partial charge in [0.25, 0.3) is 0 Å². The number of carbonyl (C=O) groups is 2. The minimum absolute atomic E-state index is 0.00291. The minimum atomic E-state index is -0.269. The van der Waals surface area contributed by atoms with Crippen molar-refractivity contribution >= 4 is 17.5 Å². The number of rotatable bonds is 4. The Morgan fingerprint density at radius 3 is 2.52 bits per heavy atom. The Kier molecular flexibility index (Phi) is 5.22. The lowest BCUT2D eigenvalue weighted by atomic mass is 9.95. The van der Waals surface area contributed by atoms with Crippen LogP contribution < -0.4 is 16.2 Å². The predicted molar refractivity (Wildman–Crippen MR) is 101 cm³/mol. The summed E-state index contributed by atoms with van der Waals surface area (Å²) in [4.78, 5) is 27.1. The zero-order valence-electron chi connectivity index (χ0n) is 15.1. The van der Waals surface area contributed by atoms with Crippen molar-refractivity contribution in [2.24, 2.45) is 5.92 Å². The van der Waals surface area contributed by atoms with Crippen LogP contribution >= 0.6 is 0 Å². The molecule has 2 amide bonds. The molecule has 3 N–H and O–H groups in total. The van der Waals surface area contributed by atoms with E-state index in [9.17, 15) is 9.59 Å². The second kappa shape index (κ2) is 7.94. The molecule has 3 heterocycles. The van der Waals surface area contributed by atoms with Crippen LogP contribution in [0.4, 0.5) is 5.69 Å². The van der Waals surface area contributed by atoms with Crippen molar-refractivity contribution in [3.05, 3.63) is 54.5 Å². The van der Waals surface area contributed by atoms with Crippen LogP contribution in [0.2, 0.25) is 0 Å². The van der Waals surface area contributed by atoms with Gasteiger partial charge in [-0.2, -0.15) is 0 Å². The number of para-hydroxylation sites is 1. The van der Waals surface area contributed by atoms with Gasteiger partial charge in [-0.3, -0.25) is 9.59 Å². The van der Waals surface area contributed by atoms with Crippen LogP contribution in [-0.4, -0.2) is 35.8 Å². The highest BCUT2D eigenvalue weighted by Gasteiger charge is 2.36. The Balaban J connectivity index is 1.26. The number of nitrogens with one attached hydrogen (secondary N) is 3. The maximum atomic E-state index is 12.8. The summed E-state index contributed by atoms with van der Waals surface area (Å²) in [5.74, 6) is 0.888. The van der Waals surface area contributed by atoms with Crippen molar-refractivity contribution in [1.82, 2.24) is 15.8 Å². The largest absolute Gasteiger partial charge is 0.468 e. The van der Waals surface area contributed by atoms with Gasteiger partial charge in [0.2, 0.25) is 11.8 Å². The predicted octanol–water partition coefficient (Wildman–Crippen LogP) is 2.06. The first-order valence-electron chi connectivity index (χ1n) is 9.40. The highest BCUT2D eigenvalue weighted by molar-refractivity contribution is 5.92. The lowest BCUT2D eigenvalue weighted by Gasteiger charge is -2.32. The molecule has 0 radical (unpaired) electrons. The molecule has 7 heteroatoms. The van der Waals surface area contributed by atoms with Gasteiger partial charge in [0.1, 0.15) is 11.8 Å². The van der Waals surface area contributed by atoms with Crippen LogP contribution in [0.3, 0.4) is 0 Å². The van der Waals surface area contributed by atoms with E-state index in [4.69, 9.17) is 4.42 Å². The summed E-state index contributed by atoms with van der Waals surface area (Å²) in [6, 6.07) is 13.0. The zero-order valence-corrected chi connectivity index (χ0v) is 15.1. The average molecular weight is 368 g/mol. The monoisotopic (exact) mass is 368 g/mol. The van der Waals surface area contributed by atoms with Gasteiger partial charge in [-0.05, 0) is 43.5 Å². The molecule has 0 saturated carbocycles. The Labute approximate surface area is 158 Å². The van der Waals surface area contributed by atoms with Gasteiger partial charge in [0.05, 0.1) is 12.3 Å². The second-order valence-electron chi connectivity index (χ2n) is 7.10. The van der Waals surface area contributed by atoms with Crippen molar-refractivity contribution < 1.29 is 14.0 Å². The maximum Gasteiger partial charge on any atom is 0.241 e. The van der Waals surface area contributed by atoms with Crippen LogP contribution in [-0.2, 0) is 9.59 Å². The van der Waals surface area contributed by atoms with Gasteiger partial charge >= 0.3 is 0 Å². The number of anilines is 1. The third kappa shape index (κ3) is 4.04. The number of nitrogens with zero attached hydrogens (tertiary/aromatic N) is 1. The fourth-order valence-electron chi connectivity index (χ4n) is 3.74. The molecule has 2 atom stereocenters. The van der Waals surface area contributed by atoms with E-state index in [1.807, 2.05) is 47.4 Å². The number of piperidine rings is 1. The molecule has 1 aromatic heterocycles. The molecular weight excluding hydrogens is 344 g/mol. The molecule has 27 heavy (non-hydrogen) atoms. The molecule has 2 saturated heterocycles. The Bertz CT molecular complexity index is 770. The van der Waals surface area contributed by atoms with Crippen LogP contribution in [0.1, 0.15) is 31.1 Å². The number of benzene rings is 1. The van der Waals surface area contributed by atoms with E-state index in [1.54, 1.807) is 6.26 Å². The molecule has 1 aromatic carbocycles. The van der Waals surface area contributed by atoms with E-state index < -0.39 is 0 Å². The van der Waals surface area contributed by atoms with Crippen LogP contribution in [0.15, 0.2) is 53.1 Å². The summed E-state index contributed by atoms with van der Waals surface area (Å²) in [6.45, 7) is 1.21. The van der Waals surface area contributed by atoms with E-state index in [2.05, 4.69) is 16.2 Å². The zero-order chi connectivity index (χ0) is 18.6. The van der Waals surface area contributed by atoms with Crippen LogP contribution in [0.25, 0.3) is 0 Å². The standard InChI is InChI=1S/C20H24N4O3/c25-19(21-15-5-2-1-3-6-15)14-8-10-24(11-9-14)20(26)17-13-16(22-23-17)18-7-4-12-27-18/h1-7,12,14,16-17,22-23H,8-11,13H2,(H,21,25). The Morgan fingerprint density at radius 1 is 1.04 bits per heavy atom. The third-order valence-electron chi connectivity index (χ3n) is 5.31. The molecule has 2 aliphatic heterocycles. The smallest absolute Gasteiger partial charge is 0.241 e. The minimum Gasteiger partial charge on any atom is -0.468 e. The summed E-state index contributed by atoms with van der Waals surface area (Å²) in [7, 11) is 0. The van der Waals surface area contributed by atoms with Gasteiger partial charge in [-0.15, -0.1) is 0 Å². The summed E-state index contributed by atoms with van der Waals surface area (Å²) in [5, 5.41) is 2.96. The fourth-order valence-corrected chi connectivity index (χ4v) is 3.74. The lowest BCUT2D eigenvalue weighted by Crippen LogP contribution is -2.49. The van der Waals surface area contributed by atoms with Crippen molar-refractivity contribution in [1.29, 1.82) is 0 Å². The van der Waals surface area contributed by atoms with Gasteiger partial charge in [0.15, 0.2) is 0 Å². The first kappa shape index (κ1) is 17.8. The molecule has 2 fully saturated rings. The number of likely N-dealkylation sites (tertiary alicyclic amines) is 1. The van der Waals surface area contributed by atoms with Crippen molar-refractivity contribution in [2.75, 3.05) is 18.4 Å². The van der Waals surface area contributed by atoms with E-state index in [0.29, 0.717) is 32.4 Å². The first-order chi connectivity index (χ1) is 13.2. The first-order valence-corrected chi connectivity index (χ1v) is 9.40. The van der Waals surface area contributed by atoms with Crippen LogP contribution in [0.5, 0.6) is 0 Å². The summed E-state index contributed by atoms with van der Waals surface area (Å²) in [6.07, 6.45) is 3.66. The van der Waals surface area contributed by atoms with E-state index in [1.165, 1.54) is 0 Å². The normalized spacial score (nSPS) is 23.3. The highest BCUT2D eigenvalue weighted by Crippen LogP contribution is 2.25. The SMILES string of the molecule is O=C(Nc1ccccc1)C1CCN(C(=O)C2CC(c3ccco3)NN2)CC1. The Hall–Kier alpha value is -2.64. The molecule has 0 aliphatic carbocycles. The van der Waals surface area contributed by atoms with Crippen LogP contribution in [0, 0.1) is 5.92 Å². The third-order valence-corrected chi connectivity index (χ3v) is 5.31. The lowest BCUT2D eigenvalue weighted by molar-refractivity contribution is -0.136. The number of amides is 2. The number of furan rings is 1. The highest BCUT2D eigenvalue weighted by atomic mass is 16.3. The number of carbonyl (C=O) groups excluding carboxylic acids is 2. The molecule has 2 aromatic rings. The van der Waals surface area contributed by atoms with Gasteiger partial charge in [0, 0.05) is 24.7 Å². The summed E-state index contributed by atoms with van der Waals surface area (Å²) in [5.41, 5.74) is 7.02. The molecule has 7 nitrogen and oxygen atoms in total. The molecule has 0 spiro atoms. The van der Waals surface area contributed by atoms with Gasteiger partial charge in [-0.1, -0.05) is 18.2 Å². The molecule has 4 rings (SSSR count). The second-order valence-corrected chi connectivity index (χ2v) is 7.10. The molecular formula is C20H24N4O3. The quantitative estimate of drug-likeness (QED) is 0.769. The van der Waals surface area contributed by atoms with Gasteiger partial charge in [-0.25, -0.2) is 10.9 Å². The van der Waals surface area contributed by atoms with Crippen molar-refractivity contribution in [3.8, 4) is 0 Å². The fraction of sp³-hybridized carbons (Fsp3) is 0.400. The molecule has 2 unspecified atom stereocenters. The van der Waals surface area contributed by atoms with E-state index in [0.717, 1.165) is 11.4 Å². The summed E-state index contributed by atoms with van der Waals surface area (Å²) < 4.78 is 5.41. The molecule has 2 aliphatic rings. The number of hydrogen-bond acceptors (Lipinski definition) is 5. The molecule has 142 valence electrons. The molecule has 0 bridgehead atoms. The van der Waals surface area contributed by atoms with Gasteiger partial charge < -0.3 is 14.6 Å². The Morgan fingerprint density at radius 2 is 1.81 bits per heavy atom.